The van der Waals surface area contributed by atoms with Gasteiger partial charge in [0.15, 0.2) is 6.61 Å². The monoisotopic (exact) mass is 319 g/mol. The van der Waals surface area contributed by atoms with Gasteiger partial charge in [0.25, 0.3) is 5.91 Å². The van der Waals surface area contributed by atoms with Gasteiger partial charge in [-0.1, -0.05) is 37.8 Å². The molecule has 0 bridgehead atoms. The maximum absolute atomic E-state index is 13.0. The first-order chi connectivity index (χ1) is 11.1. The van der Waals surface area contributed by atoms with E-state index in [1.165, 1.54) is 37.1 Å². The highest BCUT2D eigenvalue weighted by atomic mass is 19.1. The van der Waals surface area contributed by atoms with Gasteiger partial charge in [-0.25, -0.2) is 9.18 Å². The lowest BCUT2D eigenvalue weighted by atomic mass is 10.1. The van der Waals surface area contributed by atoms with Gasteiger partial charge < -0.3 is 10.1 Å². The van der Waals surface area contributed by atoms with Crippen LogP contribution in [0.5, 0.6) is 0 Å². The summed E-state index contributed by atoms with van der Waals surface area (Å²) in [6, 6.07) is 6.05. The van der Waals surface area contributed by atoms with Gasteiger partial charge in [-0.05, 0) is 36.6 Å². The first-order valence-corrected chi connectivity index (χ1v) is 8.03. The van der Waals surface area contributed by atoms with Crippen LogP contribution in [-0.4, -0.2) is 24.5 Å². The fourth-order valence-corrected chi connectivity index (χ4v) is 2.65. The highest BCUT2D eigenvalue weighted by Crippen LogP contribution is 2.17. The summed E-state index contributed by atoms with van der Waals surface area (Å²) in [5.41, 5.74) is 0.560. The van der Waals surface area contributed by atoms with E-state index in [9.17, 15) is 14.0 Å². The molecule has 1 aromatic carbocycles. The molecule has 0 radical (unpaired) electrons. The number of halogens is 1. The Kier molecular flexibility index (Phi) is 6.78. The van der Waals surface area contributed by atoms with Crippen molar-refractivity contribution in [2.45, 2.75) is 44.6 Å². The minimum Gasteiger partial charge on any atom is -0.452 e. The molecule has 0 saturated heterocycles. The molecule has 0 aromatic heterocycles. The number of nitrogens with one attached hydrogen (secondary N) is 1. The van der Waals surface area contributed by atoms with E-state index in [-0.39, 0.29) is 24.4 Å². The first-order valence-electron chi connectivity index (χ1n) is 8.03. The molecule has 2 rings (SSSR count). The van der Waals surface area contributed by atoms with Gasteiger partial charge in [0.2, 0.25) is 0 Å². The Morgan fingerprint density at radius 3 is 2.65 bits per heavy atom. The van der Waals surface area contributed by atoms with Crippen LogP contribution >= 0.6 is 0 Å². The molecule has 0 atom stereocenters. The fourth-order valence-electron chi connectivity index (χ4n) is 2.65. The lowest BCUT2D eigenvalue weighted by Gasteiger charge is -2.15. The number of amides is 1. The number of rotatable bonds is 5. The van der Waals surface area contributed by atoms with E-state index in [2.05, 4.69) is 5.32 Å². The maximum atomic E-state index is 13.0. The standard InChI is InChI=1S/C18H22FNO3/c19-15-7-5-6-14(12-15)10-11-18(22)23-13-17(21)20-16-8-3-1-2-4-9-16/h5-7,10-12,16H,1-4,8-9,13H2,(H,20,21)/b11-10+. The zero-order valence-electron chi connectivity index (χ0n) is 13.1. The SMILES string of the molecule is O=C(COC(=O)/C=C/c1cccc(F)c1)NC1CCCCCC1. The smallest absolute Gasteiger partial charge is 0.331 e. The molecular weight excluding hydrogens is 297 g/mol. The Hall–Kier alpha value is -2.17. The first kappa shape index (κ1) is 17.2. The zero-order chi connectivity index (χ0) is 16.5. The second kappa shape index (κ2) is 9.08. The van der Waals surface area contributed by atoms with Crippen molar-refractivity contribution in [2.24, 2.45) is 0 Å². The Morgan fingerprint density at radius 1 is 1.22 bits per heavy atom. The molecule has 1 aliphatic rings. The van der Waals surface area contributed by atoms with Crippen molar-refractivity contribution in [3.63, 3.8) is 0 Å². The van der Waals surface area contributed by atoms with Gasteiger partial charge in [-0.2, -0.15) is 0 Å². The van der Waals surface area contributed by atoms with Crippen molar-refractivity contribution in [2.75, 3.05) is 6.61 Å². The number of hydrogen-bond donors (Lipinski definition) is 1. The fraction of sp³-hybridized carbons (Fsp3) is 0.444. The molecule has 0 heterocycles. The lowest BCUT2D eigenvalue weighted by molar-refractivity contribution is -0.144. The largest absolute Gasteiger partial charge is 0.452 e. The number of carbonyl (C=O) groups is 2. The van der Waals surface area contributed by atoms with Crippen LogP contribution in [0.1, 0.15) is 44.1 Å². The topological polar surface area (TPSA) is 55.4 Å². The Morgan fingerprint density at radius 2 is 1.96 bits per heavy atom. The van der Waals surface area contributed by atoms with Crippen LogP contribution in [0.4, 0.5) is 4.39 Å². The normalized spacial score (nSPS) is 16.0. The van der Waals surface area contributed by atoms with Crippen molar-refractivity contribution in [3.8, 4) is 0 Å². The van der Waals surface area contributed by atoms with E-state index in [4.69, 9.17) is 4.74 Å². The van der Waals surface area contributed by atoms with Crippen LogP contribution in [-0.2, 0) is 14.3 Å². The number of benzene rings is 1. The Labute approximate surface area is 135 Å². The molecule has 1 amide bonds. The molecule has 1 N–H and O–H groups in total. The van der Waals surface area contributed by atoms with Crippen molar-refractivity contribution < 1.29 is 18.7 Å². The molecule has 1 aromatic rings. The molecule has 4 nitrogen and oxygen atoms in total. The summed E-state index contributed by atoms with van der Waals surface area (Å²) >= 11 is 0. The van der Waals surface area contributed by atoms with E-state index < -0.39 is 5.97 Å². The van der Waals surface area contributed by atoms with Crippen molar-refractivity contribution in [3.05, 3.63) is 41.7 Å². The summed E-state index contributed by atoms with van der Waals surface area (Å²) in [6.07, 6.45) is 9.29. The van der Waals surface area contributed by atoms with Gasteiger partial charge in [0.05, 0.1) is 0 Å². The molecule has 5 heteroatoms. The van der Waals surface area contributed by atoms with E-state index in [1.807, 2.05) is 0 Å². The molecule has 1 saturated carbocycles. The van der Waals surface area contributed by atoms with Gasteiger partial charge in [0, 0.05) is 12.1 Å². The highest BCUT2D eigenvalue weighted by Gasteiger charge is 2.15. The van der Waals surface area contributed by atoms with Gasteiger partial charge in [-0.3, -0.25) is 4.79 Å². The maximum Gasteiger partial charge on any atom is 0.331 e. The highest BCUT2D eigenvalue weighted by molar-refractivity contribution is 5.89. The molecule has 1 aliphatic carbocycles. The van der Waals surface area contributed by atoms with Crippen LogP contribution in [0.3, 0.4) is 0 Å². The summed E-state index contributed by atoms with van der Waals surface area (Å²) in [6.45, 7) is -0.289. The average molecular weight is 319 g/mol. The minimum atomic E-state index is -0.620. The van der Waals surface area contributed by atoms with Crippen molar-refractivity contribution in [1.29, 1.82) is 0 Å². The van der Waals surface area contributed by atoms with Gasteiger partial charge in [0.1, 0.15) is 5.82 Å². The number of esters is 1. The molecule has 124 valence electrons. The summed E-state index contributed by atoms with van der Waals surface area (Å²) in [4.78, 5) is 23.4. The number of carbonyl (C=O) groups excluding carboxylic acids is 2. The van der Waals surface area contributed by atoms with E-state index >= 15 is 0 Å². The van der Waals surface area contributed by atoms with Crippen LogP contribution in [0.25, 0.3) is 6.08 Å². The molecule has 0 spiro atoms. The van der Waals surface area contributed by atoms with Crippen LogP contribution in [0.15, 0.2) is 30.3 Å². The van der Waals surface area contributed by atoms with E-state index in [0.29, 0.717) is 5.56 Å². The third kappa shape index (κ3) is 6.63. The lowest BCUT2D eigenvalue weighted by Crippen LogP contribution is -2.37. The number of hydrogen-bond acceptors (Lipinski definition) is 3. The van der Waals surface area contributed by atoms with E-state index in [0.717, 1.165) is 25.7 Å². The minimum absolute atomic E-state index is 0.187. The Balaban J connectivity index is 1.72. The molecule has 0 unspecified atom stereocenters. The van der Waals surface area contributed by atoms with Gasteiger partial charge >= 0.3 is 5.97 Å². The predicted molar refractivity (Wildman–Crippen MR) is 86.0 cm³/mol. The second-order valence-corrected chi connectivity index (χ2v) is 5.75. The summed E-state index contributed by atoms with van der Waals surface area (Å²) in [5, 5.41) is 2.91. The second-order valence-electron chi connectivity index (χ2n) is 5.75. The molecule has 0 aliphatic heterocycles. The number of ether oxygens (including phenoxy) is 1. The Bertz CT molecular complexity index is 563. The molecule has 1 fully saturated rings. The summed E-state index contributed by atoms with van der Waals surface area (Å²) in [5.74, 6) is -1.27. The quantitative estimate of drug-likeness (QED) is 0.515. The van der Waals surface area contributed by atoms with Crippen LogP contribution in [0.2, 0.25) is 0 Å². The van der Waals surface area contributed by atoms with E-state index in [1.54, 1.807) is 12.1 Å². The van der Waals surface area contributed by atoms with Crippen LogP contribution < -0.4 is 5.32 Å². The molecule has 23 heavy (non-hydrogen) atoms. The third-order valence-electron chi connectivity index (χ3n) is 3.83. The third-order valence-corrected chi connectivity index (χ3v) is 3.83. The zero-order valence-corrected chi connectivity index (χ0v) is 13.1. The molecular formula is C18H22FNO3. The van der Waals surface area contributed by atoms with Crippen molar-refractivity contribution >= 4 is 18.0 Å². The van der Waals surface area contributed by atoms with Crippen molar-refractivity contribution in [1.82, 2.24) is 5.32 Å². The summed E-state index contributed by atoms with van der Waals surface area (Å²) in [7, 11) is 0. The predicted octanol–water partition coefficient (Wildman–Crippen LogP) is 3.22. The summed E-state index contributed by atoms with van der Waals surface area (Å²) < 4.78 is 17.9. The van der Waals surface area contributed by atoms with Crippen LogP contribution in [0, 0.1) is 5.82 Å². The average Bonchev–Trinajstić information content (AvgIpc) is 2.80. The van der Waals surface area contributed by atoms with Gasteiger partial charge in [-0.15, -0.1) is 0 Å².